The van der Waals surface area contributed by atoms with Crippen LogP contribution in [-0.2, 0) is 16.1 Å². The van der Waals surface area contributed by atoms with Gasteiger partial charge in [0.1, 0.15) is 22.6 Å². The van der Waals surface area contributed by atoms with Crippen LogP contribution in [0.2, 0.25) is 0 Å². The Hall–Kier alpha value is -2.64. The SMILES string of the molecule is CCOC(=O)c1sc(N)c(C#N)c1COC(=O)c1ccccc1SC(F)F. The molecule has 0 unspecified atom stereocenters. The molecule has 0 atom stereocenters. The van der Waals surface area contributed by atoms with E-state index in [9.17, 15) is 23.6 Å². The lowest BCUT2D eigenvalue weighted by atomic mass is 10.1. The number of esters is 2. The molecule has 6 nitrogen and oxygen atoms in total. The summed E-state index contributed by atoms with van der Waals surface area (Å²) in [5.41, 5.74) is 5.85. The van der Waals surface area contributed by atoms with E-state index < -0.39 is 24.3 Å². The van der Waals surface area contributed by atoms with Crippen LogP contribution in [-0.4, -0.2) is 24.3 Å². The number of halogens is 2. The van der Waals surface area contributed by atoms with Gasteiger partial charge in [0.25, 0.3) is 5.76 Å². The molecular formula is C17H14F2N2O4S2. The van der Waals surface area contributed by atoms with Crippen LogP contribution in [0.3, 0.4) is 0 Å². The van der Waals surface area contributed by atoms with E-state index in [4.69, 9.17) is 15.2 Å². The molecule has 1 heterocycles. The zero-order valence-electron chi connectivity index (χ0n) is 14.0. The third-order valence-electron chi connectivity index (χ3n) is 3.28. The van der Waals surface area contributed by atoms with Crippen molar-refractivity contribution in [3.8, 4) is 6.07 Å². The van der Waals surface area contributed by atoms with E-state index in [1.54, 1.807) is 6.92 Å². The molecule has 0 bridgehead atoms. The smallest absolute Gasteiger partial charge is 0.348 e. The number of ether oxygens (including phenoxy) is 2. The van der Waals surface area contributed by atoms with Gasteiger partial charge >= 0.3 is 11.9 Å². The third-order valence-corrected chi connectivity index (χ3v) is 5.11. The number of benzene rings is 1. The topological polar surface area (TPSA) is 102 Å². The van der Waals surface area contributed by atoms with Gasteiger partial charge in [-0.3, -0.25) is 0 Å². The molecule has 2 aromatic rings. The van der Waals surface area contributed by atoms with Crippen LogP contribution < -0.4 is 5.73 Å². The molecule has 27 heavy (non-hydrogen) atoms. The van der Waals surface area contributed by atoms with Crippen LogP contribution in [0, 0.1) is 11.3 Å². The van der Waals surface area contributed by atoms with Gasteiger partial charge in [-0.1, -0.05) is 23.9 Å². The number of nitrogens with two attached hydrogens (primary N) is 1. The second-order valence-electron chi connectivity index (χ2n) is 4.93. The Morgan fingerprint density at radius 2 is 2.00 bits per heavy atom. The summed E-state index contributed by atoms with van der Waals surface area (Å²) in [6, 6.07) is 7.63. The van der Waals surface area contributed by atoms with E-state index in [0.29, 0.717) is 0 Å². The lowest BCUT2D eigenvalue weighted by molar-refractivity contribution is 0.0449. The van der Waals surface area contributed by atoms with Crippen molar-refractivity contribution in [1.29, 1.82) is 5.26 Å². The van der Waals surface area contributed by atoms with Gasteiger partial charge in [0.15, 0.2) is 0 Å². The third kappa shape index (κ3) is 4.96. The van der Waals surface area contributed by atoms with Crippen LogP contribution in [0.4, 0.5) is 13.8 Å². The average Bonchev–Trinajstić information content (AvgIpc) is 2.95. The maximum atomic E-state index is 12.6. The van der Waals surface area contributed by atoms with E-state index in [1.807, 2.05) is 6.07 Å². The number of carbonyl (C=O) groups is 2. The lowest BCUT2D eigenvalue weighted by Crippen LogP contribution is -2.11. The van der Waals surface area contributed by atoms with Gasteiger partial charge in [-0.25, -0.2) is 9.59 Å². The number of thioether (sulfide) groups is 1. The maximum Gasteiger partial charge on any atom is 0.348 e. The number of hydrogen-bond donors (Lipinski definition) is 1. The predicted octanol–water partition coefficient (Wildman–Crippen LogP) is 4.05. The standard InChI is InChI=1S/C17H14F2N2O4S2/c1-2-24-16(23)13-11(10(7-20)14(21)27-13)8-25-15(22)9-5-3-4-6-12(9)26-17(18)19/h3-6,17H,2,8,21H2,1H3. The molecular weight excluding hydrogens is 398 g/mol. The average molecular weight is 412 g/mol. The number of nitrogen functional groups attached to an aromatic ring is 1. The number of nitrogens with zero attached hydrogens (tertiary/aromatic N) is 1. The van der Waals surface area contributed by atoms with Crippen LogP contribution in [0.15, 0.2) is 29.2 Å². The van der Waals surface area contributed by atoms with Gasteiger partial charge < -0.3 is 15.2 Å². The highest BCUT2D eigenvalue weighted by atomic mass is 32.2. The molecule has 0 saturated heterocycles. The Labute approximate surface area is 161 Å². The van der Waals surface area contributed by atoms with Gasteiger partial charge in [0, 0.05) is 10.5 Å². The quantitative estimate of drug-likeness (QED) is 0.540. The van der Waals surface area contributed by atoms with E-state index >= 15 is 0 Å². The van der Waals surface area contributed by atoms with E-state index in [2.05, 4.69) is 0 Å². The van der Waals surface area contributed by atoms with Crippen molar-refractivity contribution in [2.45, 2.75) is 24.2 Å². The van der Waals surface area contributed by atoms with Gasteiger partial charge in [-0.05, 0) is 19.1 Å². The summed E-state index contributed by atoms with van der Waals surface area (Å²) in [5, 5.41) is 9.34. The number of hydrogen-bond acceptors (Lipinski definition) is 8. The van der Waals surface area contributed by atoms with Crippen LogP contribution in [0.5, 0.6) is 0 Å². The Bertz CT molecular complexity index is 894. The minimum atomic E-state index is -2.70. The molecule has 0 saturated carbocycles. The van der Waals surface area contributed by atoms with Crippen molar-refractivity contribution in [2.24, 2.45) is 0 Å². The molecule has 1 aromatic carbocycles. The van der Waals surface area contributed by atoms with Gasteiger partial charge in [-0.15, -0.1) is 11.3 Å². The predicted molar refractivity (Wildman–Crippen MR) is 96.8 cm³/mol. The Morgan fingerprint density at radius 3 is 2.63 bits per heavy atom. The van der Waals surface area contributed by atoms with E-state index in [0.717, 1.165) is 11.3 Å². The van der Waals surface area contributed by atoms with Crippen molar-refractivity contribution in [2.75, 3.05) is 12.3 Å². The summed E-state index contributed by atoms with van der Waals surface area (Å²) in [6.07, 6.45) is 0. The lowest BCUT2D eigenvalue weighted by Gasteiger charge is -2.09. The Balaban J connectivity index is 2.26. The van der Waals surface area contributed by atoms with Crippen molar-refractivity contribution in [3.63, 3.8) is 0 Å². The summed E-state index contributed by atoms with van der Waals surface area (Å²) in [4.78, 5) is 24.5. The molecule has 0 aliphatic carbocycles. The minimum absolute atomic E-state index is 0.0195. The summed E-state index contributed by atoms with van der Waals surface area (Å²) < 4.78 is 35.4. The first-order chi connectivity index (χ1) is 12.9. The second kappa shape index (κ2) is 9.34. The van der Waals surface area contributed by atoms with Crippen molar-refractivity contribution >= 4 is 40.0 Å². The van der Waals surface area contributed by atoms with E-state index in [-0.39, 0.29) is 49.8 Å². The highest BCUT2D eigenvalue weighted by molar-refractivity contribution is 7.99. The summed E-state index contributed by atoms with van der Waals surface area (Å²) >= 11 is 1.08. The molecule has 0 spiro atoms. The van der Waals surface area contributed by atoms with Gasteiger partial charge in [0.05, 0.1) is 17.7 Å². The summed E-state index contributed by atoms with van der Waals surface area (Å²) in [6.45, 7) is 1.32. The molecule has 0 amide bonds. The molecule has 0 aliphatic heterocycles. The number of anilines is 1. The zero-order valence-corrected chi connectivity index (χ0v) is 15.7. The fraction of sp³-hybridized carbons (Fsp3) is 0.235. The Kier molecular flexibility index (Phi) is 7.15. The largest absolute Gasteiger partial charge is 0.462 e. The highest BCUT2D eigenvalue weighted by Crippen LogP contribution is 2.33. The van der Waals surface area contributed by atoms with Crippen molar-refractivity contribution in [1.82, 2.24) is 0 Å². The molecule has 1 aromatic heterocycles. The molecule has 2 N–H and O–H groups in total. The number of nitriles is 1. The first-order valence-electron chi connectivity index (χ1n) is 7.58. The molecule has 0 fully saturated rings. The zero-order chi connectivity index (χ0) is 20.0. The van der Waals surface area contributed by atoms with Crippen molar-refractivity contribution < 1.29 is 27.8 Å². The van der Waals surface area contributed by atoms with Gasteiger partial charge in [0.2, 0.25) is 0 Å². The number of rotatable bonds is 7. The normalized spacial score (nSPS) is 10.5. The first-order valence-corrected chi connectivity index (χ1v) is 9.27. The summed E-state index contributed by atoms with van der Waals surface area (Å²) in [5.74, 6) is -4.24. The summed E-state index contributed by atoms with van der Waals surface area (Å²) in [7, 11) is 0. The molecule has 142 valence electrons. The second-order valence-corrected chi connectivity index (χ2v) is 7.02. The molecule has 0 aliphatic rings. The first kappa shape index (κ1) is 20.7. The fourth-order valence-electron chi connectivity index (χ4n) is 2.16. The van der Waals surface area contributed by atoms with Crippen LogP contribution in [0.1, 0.15) is 38.1 Å². The molecule has 2 rings (SSSR count). The monoisotopic (exact) mass is 412 g/mol. The minimum Gasteiger partial charge on any atom is -0.462 e. The number of carbonyl (C=O) groups excluding carboxylic acids is 2. The molecule has 10 heteroatoms. The van der Waals surface area contributed by atoms with Crippen LogP contribution >= 0.6 is 23.1 Å². The Morgan fingerprint density at radius 1 is 1.30 bits per heavy atom. The number of thiophene rings is 1. The van der Waals surface area contributed by atoms with Gasteiger partial charge in [-0.2, -0.15) is 14.0 Å². The van der Waals surface area contributed by atoms with E-state index in [1.165, 1.54) is 24.3 Å². The maximum absolute atomic E-state index is 12.6. The number of alkyl halides is 2. The highest BCUT2D eigenvalue weighted by Gasteiger charge is 2.24. The van der Waals surface area contributed by atoms with Crippen LogP contribution in [0.25, 0.3) is 0 Å². The fourth-order valence-corrected chi connectivity index (χ4v) is 3.70. The van der Waals surface area contributed by atoms with Crippen molar-refractivity contribution in [3.05, 3.63) is 45.8 Å². The molecule has 0 radical (unpaired) electrons.